The van der Waals surface area contributed by atoms with E-state index in [1.807, 2.05) is 0 Å². The summed E-state index contributed by atoms with van der Waals surface area (Å²) < 4.78 is 0. The molecule has 0 aliphatic heterocycles. The molecule has 18 heavy (non-hydrogen) atoms. The molecular weight excluding hydrogens is 304 g/mol. The fraction of sp³-hybridized carbons (Fsp3) is 0.562. The van der Waals surface area contributed by atoms with E-state index >= 15 is 0 Å². The fourth-order valence-corrected chi connectivity index (χ4v) is 3.30. The van der Waals surface area contributed by atoms with Gasteiger partial charge >= 0.3 is 0 Å². The third-order valence-electron chi connectivity index (χ3n) is 4.31. The molecular formula is C16H21BrS. The number of hydrogen-bond donors (Lipinski definition) is 0. The number of hydrogen-bond acceptors (Lipinski definition) is 1. The van der Waals surface area contributed by atoms with Gasteiger partial charge in [-0.3, -0.25) is 0 Å². The van der Waals surface area contributed by atoms with Gasteiger partial charge in [0.2, 0.25) is 0 Å². The normalized spacial score (nSPS) is 22.1. The smallest absolute Gasteiger partial charge is 0.0677 e. The topological polar surface area (TPSA) is 0 Å². The molecule has 2 rings (SSSR count). The third-order valence-corrected chi connectivity index (χ3v) is 5.73. The van der Waals surface area contributed by atoms with E-state index in [1.165, 1.54) is 29.5 Å². The van der Waals surface area contributed by atoms with Gasteiger partial charge in [0.15, 0.2) is 0 Å². The first-order valence-corrected chi connectivity index (χ1v) is 7.91. The van der Waals surface area contributed by atoms with Crippen LogP contribution in [-0.2, 0) is 10.8 Å². The van der Waals surface area contributed by atoms with Gasteiger partial charge < -0.3 is 0 Å². The number of fused-ring (bicyclic) bond motifs is 1. The summed E-state index contributed by atoms with van der Waals surface area (Å²) in [6, 6.07) is 6.86. The van der Waals surface area contributed by atoms with Crippen LogP contribution in [0.4, 0.5) is 0 Å². The fourth-order valence-electron chi connectivity index (χ4n) is 2.86. The molecule has 1 unspecified atom stereocenters. The Morgan fingerprint density at radius 3 is 2.22 bits per heavy atom. The molecule has 0 spiro atoms. The SMILES string of the molecule is CC1(C)CCC(C)(C)c2cc(C(Br)C=S)ccc21. The van der Waals surface area contributed by atoms with Crippen LogP contribution in [0.2, 0.25) is 0 Å². The molecule has 1 aliphatic carbocycles. The Bertz CT molecular complexity index is 474. The highest BCUT2D eigenvalue weighted by molar-refractivity contribution is 9.09. The lowest BCUT2D eigenvalue weighted by Gasteiger charge is -2.42. The average Bonchev–Trinajstić information content (AvgIpc) is 2.34. The van der Waals surface area contributed by atoms with Crippen molar-refractivity contribution in [2.75, 3.05) is 0 Å². The van der Waals surface area contributed by atoms with Crippen LogP contribution in [0.3, 0.4) is 0 Å². The number of benzene rings is 1. The largest absolute Gasteiger partial charge is 0.0919 e. The van der Waals surface area contributed by atoms with E-state index in [2.05, 4.69) is 61.8 Å². The quantitative estimate of drug-likeness (QED) is 0.513. The van der Waals surface area contributed by atoms with Crippen LogP contribution in [0, 0.1) is 0 Å². The van der Waals surface area contributed by atoms with Gasteiger partial charge in [0, 0.05) is 0 Å². The van der Waals surface area contributed by atoms with Gasteiger partial charge in [0.25, 0.3) is 0 Å². The first-order chi connectivity index (χ1) is 8.28. The Morgan fingerprint density at radius 1 is 1.11 bits per heavy atom. The molecule has 1 aliphatic rings. The maximum atomic E-state index is 5.04. The highest BCUT2D eigenvalue weighted by Crippen LogP contribution is 2.46. The number of thiocarbonyl (C=S) groups is 1. The first kappa shape index (κ1) is 14.2. The van der Waals surface area contributed by atoms with Crippen LogP contribution in [0.25, 0.3) is 0 Å². The lowest BCUT2D eigenvalue weighted by atomic mass is 9.63. The van der Waals surface area contributed by atoms with E-state index in [1.54, 1.807) is 5.37 Å². The van der Waals surface area contributed by atoms with E-state index < -0.39 is 0 Å². The monoisotopic (exact) mass is 324 g/mol. The summed E-state index contributed by atoms with van der Waals surface area (Å²) >= 11 is 8.66. The average molecular weight is 325 g/mol. The summed E-state index contributed by atoms with van der Waals surface area (Å²) in [7, 11) is 0. The van der Waals surface area contributed by atoms with Crippen molar-refractivity contribution in [1.82, 2.24) is 0 Å². The summed E-state index contributed by atoms with van der Waals surface area (Å²) in [6.45, 7) is 9.41. The van der Waals surface area contributed by atoms with E-state index in [0.717, 1.165) is 0 Å². The summed E-state index contributed by atoms with van der Waals surface area (Å²) in [5.74, 6) is 0. The number of rotatable bonds is 2. The summed E-state index contributed by atoms with van der Waals surface area (Å²) in [5.41, 5.74) is 4.84. The second-order valence-electron chi connectivity index (χ2n) is 6.61. The van der Waals surface area contributed by atoms with Gasteiger partial charge in [-0.15, -0.1) is 0 Å². The predicted octanol–water partition coefficient (Wildman–Crippen LogP) is 5.47. The van der Waals surface area contributed by atoms with Crippen LogP contribution in [-0.4, -0.2) is 5.37 Å². The van der Waals surface area contributed by atoms with Crippen molar-refractivity contribution in [3.63, 3.8) is 0 Å². The molecule has 1 aromatic rings. The molecule has 0 aromatic heterocycles. The zero-order valence-electron chi connectivity index (χ0n) is 11.6. The van der Waals surface area contributed by atoms with Gasteiger partial charge in [-0.1, -0.05) is 74.0 Å². The molecule has 0 nitrogen and oxygen atoms in total. The molecule has 0 saturated heterocycles. The lowest BCUT2D eigenvalue weighted by Crippen LogP contribution is -2.33. The third kappa shape index (κ3) is 2.42. The zero-order valence-corrected chi connectivity index (χ0v) is 14.0. The highest BCUT2D eigenvalue weighted by atomic mass is 79.9. The maximum Gasteiger partial charge on any atom is 0.0677 e. The van der Waals surface area contributed by atoms with E-state index in [-0.39, 0.29) is 10.2 Å². The van der Waals surface area contributed by atoms with Gasteiger partial charge in [0.05, 0.1) is 4.83 Å². The molecule has 0 radical (unpaired) electrons. The van der Waals surface area contributed by atoms with Crippen molar-refractivity contribution in [2.24, 2.45) is 0 Å². The molecule has 0 amide bonds. The summed E-state index contributed by atoms with van der Waals surface area (Å²) in [6.07, 6.45) is 2.51. The highest BCUT2D eigenvalue weighted by Gasteiger charge is 2.37. The van der Waals surface area contributed by atoms with Gasteiger partial charge in [0.1, 0.15) is 0 Å². The minimum Gasteiger partial charge on any atom is -0.0919 e. The molecule has 1 aromatic carbocycles. The maximum absolute atomic E-state index is 5.04. The Morgan fingerprint density at radius 2 is 1.67 bits per heavy atom. The minimum absolute atomic E-state index is 0.179. The predicted molar refractivity (Wildman–Crippen MR) is 87.1 cm³/mol. The van der Waals surface area contributed by atoms with Gasteiger partial charge in [-0.2, -0.15) is 0 Å². The summed E-state index contributed by atoms with van der Waals surface area (Å²) in [5, 5.41) is 1.78. The Hall–Kier alpha value is -0.210. The molecule has 0 fully saturated rings. The van der Waals surface area contributed by atoms with E-state index in [9.17, 15) is 0 Å². The van der Waals surface area contributed by atoms with Crippen molar-refractivity contribution in [2.45, 2.75) is 56.2 Å². The minimum atomic E-state index is 0.179. The Balaban J connectivity index is 2.58. The Labute approximate surface area is 124 Å². The van der Waals surface area contributed by atoms with E-state index in [4.69, 9.17) is 12.2 Å². The first-order valence-electron chi connectivity index (χ1n) is 6.52. The summed E-state index contributed by atoms with van der Waals surface area (Å²) in [4.78, 5) is 0.179. The number of alkyl halides is 1. The molecule has 2 heteroatoms. The Kier molecular flexibility index (Phi) is 3.72. The van der Waals surface area contributed by atoms with Crippen LogP contribution < -0.4 is 0 Å². The molecule has 98 valence electrons. The molecule has 1 atom stereocenters. The second kappa shape index (κ2) is 4.72. The van der Waals surface area contributed by atoms with Crippen molar-refractivity contribution < 1.29 is 0 Å². The van der Waals surface area contributed by atoms with E-state index in [0.29, 0.717) is 5.41 Å². The van der Waals surface area contributed by atoms with Crippen LogP contribution in [0.1, 0.15) is 62.1 Å². The standard InChI is InChI=1S/C16H21BrS/c1-15(2)7-8-16(3,4)13-9-11(14(17)10-18)5-6-12(13)15/h5-6,9-10,14H,7-8H2,1-4H3. The van der Waals surface area contributed by atoms with Gasteiger partial charge in [-0.25, -0.2) is 0 Å². The molecule has 0 bridgehead atoms. The molecule has 0 N–H and O–H groups in total. The van der Waals surface area contributed by atoms with Crippen LogP contribution in [0.15, 0.2) is 18.2 Å². The second-order valence-corrected chi connectivity index (χ2v) is 7.87. The van der Waals surface area contributed by atoms with Crippen molar-refractivity contribution in [3.8, 4) is 0 Å². The molecule has 0 heterocycles. The van der Waals surface area contributed by atoms with Crippen LogP contribution in [0.5, 0.6) is 0 Å². The van der Waals surface area contributed by atoms with Crippen molar-refractivity contribution in [3.05, 3.63) is 34.9 Å². The lowest BCUT2D eigenvalue weighted by molar-refractivity contribution is 0.331. The van der Waals surface area contributed by atoms with Crippen LogP contribution >= 0.6 is 28.1 Å². The van der Waals surface area contributed by atoms with Crippen molar-refractivity contribution in [1.29, 1.82) is 0 Å². The van der Waals surface area contributed by atoms with Crippen molar-refractivity contribution >= 4 is 33.5 Å². The zero-order chi connectivity index (χ0) is 13.6. The van der Waals surface area contributed by atoms with Gasteiger partial charge in [-0.05, 0) is 45.7 Å². The molecule has 0 saturated carbocycles. The number of halogens is 1.